The standard InChI is InChI=1S/C23H22N2O4/c1-17-16-25(23(28)24-21(17)26)14-8-9-15-29-22(27)20(18-10-4-2-5-11-18)19-12-6-3-7-13-19/h2-13,16,20H,14-15H2,1H3,(H,24,26,28)/b9-8-. The Labute approximate surface area is 168 Å². The van der Waals surface area contributed by atoms with Gasteiger partial charge >= 0.3 is 11.7 Å². The van der Waals surface area contributed by atoms with E-state index in [2.05, 4.69) is 4.98 Å². The van der Waals surface area contributed by atoms with Crippen molar-refractivity contribution in [2.45, 2.75) is 19.4 Å². The van der Waals surface area contributed by atoms with Gasteiger partial charge in [0.2, 0.25) is 0 Å². The number of nitrogens with zero attached hydrogens (tertiary/aromatic N) is 1. The van der Waals surface area contributed by atoms with E-state index in [1.165, 1.54) is 10.8 Å². The maximum absolute atomic E-state index is 12.8. The fraction of sp³-hybridized carbons (Fsp3) is 0.174. The third-order valence-electron chi connectivity index (χ3n) is 4.48. The van der Waals surface area contributed by atoms with Crippen LogP contribution < -0.4 is 11.2 Å². The molecule has 1 N–H and O–H groups in total. The summed E-state index contributed by atoms with van der Waals surface area (Å²) in [6.07, 6.45) is 4.89. The SMILES string of the molecule is Cc1cn(C/C=C\COC(=O)C(c2ccccc2)c2ccccc2)c(=O)[nH]c1=O. The molecule has 3 rings (SSSR count). The van der Waals surface area contributed by atoms with E-state index in [0.29, 0.717) is 5.56 Å². The van der Waals surface area contributed by atoms with E-state index < -0.39 is 17.2 Å². The fourth-order valence-corrected chi connectivity index (χ4v) is 2.98. The number of aromatic amines is 1. The van der Waals surface area contributed by atoms with Crippen LogP contribution >= 0.6 is 0 Å². The van der Waals surface area contributed by atoms with Crippen LogP contribution in [0.5, 0.6) is 0 Å². The lowest BCUT2D eigenvalue weighted by Crippen LogP contribution is -2.30. The van der Waals surface area contributed by atoms with Crippen molar-refractivity contribution in [1.82, 2.24) is 9.55 Å². The summed E-state index contributed by atoms with van der Waals surface area (Å²) in [5.74, 6) is -0.848. The van der Waals surface area contributed by atoms with Crippen LogP contribution in [0, 0.1) is 6.92 Å². The van der Waals surface area contributed by atoms with Crippen molar-refractivity contribution in [3.63, 3.8) is 0 Å². The van der Waals surface area contributed by atoms with Crippen LogP contribution in [-0.4, -0.2) is 22.1 Å². The topological polar surface area (TPSA) is 81.2 Å². The zero-order valence-electron chi connectivity index (χ0n) is 16.1. The summed E-state index contributed by atoms with van der Waals surface area (Å²) in [5, 5.41) is 0. The number of ether oxygens (including phenoxy) is 1. The average molecular weight is 390 g/mol. The third kappa shape index (κ3) is 5.19. The van der Waals surface area contributed by atoms with Gasteiger partial charge in [-0.2, -0.15) is 0 Å². The van der Waals surface area contributed by atoms with Crippen molar-refractivity contribution in [2.24, 2.45) is 0 Å². The first-order valence-corrected chi connectivity index (χ1v) is 9.28. The summed E-state index contributed by atoms with van der Waals surface area (Å²) in [6.45, 7) is 1.99. The van der Waals surface area contributed by atoms with Gasteiger partial charge in [0.05, 0.1) is 0 Å². The molecule has 0 saturated heterocycles. The molecule has 0 aliphatic rings. The highest BCUT2D eigenvalue weighted by molar-refractivity contribution is 5.82. The average Bonchev–Trinajstić information content (AvgIpc) is 2.73. The highest BCUT2D eigenvalue weighted by atomic mass is 16.5. The first-order valence-electron chi connectivity index (χ1n) is 9.28. The van der Waals surface area contributed by atoms with E-state index >= 15 is 0 Å². The number of esters is 1. The molecule has 0 aliphatic heterocycles. The van der Waals surface area contributed by atoms with Crippen LogP contribution in [0.3, 0.4) is 0 Å². The number of rotatable bonds is 7. The van der Waals surface area contributed by atoms with Crippen molar-refractivity contribution < 1.29 is 9.53 Å². The number of carbonyl (C=O) groups excluding carboxylic acids is 1. The molecule has 0 bridgehead atoms. The molecule has 1 aromatic heterocycles. The minimum Gasteiger partial charge on any atom is -0.461 e. The van der Waals surface area contributed by atoms with Gasteiger partial charge in [-0.25, -0.2) is 4.79 Å². The summed E-state index contributed by atoms with van der Waals surface area (Å²) in [4.78, 5) is 38.2. The largest absolute Gasteiger partial charge is 0.461 e. The summed E-state index contributed by atoms with van der Waals surface area (Å²) in [7, 11) is 0. The first-order chi connectivity index (χ1) is 14.1. The molecule has 2 aromatic carbocycles. The molecule has 0 unspecified atom stereocenters. The lowest BCUT2D eigenvalue weighted by Gasteiger charge is -2.16. The first kappa shape index (κ1) is 20.1. The van der Waals surface area contributed by atoms with E-state index in [4.69, 9.17) is 4.74 Å². The van der Waals surface area contributed by atoms with Crippen LogP contribution in [0.25, 0.3) is 0 Å². The summed E-state index contributed by atoms with van der Waals surface area (Å²) >= 11 is 0. The molecule has 0 spiro atoms. The molecule has 0 saturated carbocycles. The van der Waals surface area contributed by atoms with E-state index in [1.807, 2.05) is 60.7 Å². The molecule has 0 amide bonds. The molecule has 148 valence electrons. The Bertz CT molecular complexity index is 1060. The monoisotopic (exact) mass is 390 g/mol. The zero-order chi connectivity index (χ0) is 20.6. The summed E-state index contributed by atoms with van der Waals surface area (Å²) in [5.41, 5.74) is 1.32. The van der Waals surface area contributed by atoms with Crippen LogP contribution in [0.15, 0.2) is 88.6 Å². The second kappa shape index (κ2) is 9.50. The van der Waals surface area contributed by atoms with Crippen LogP contribution in [0.4, 0.5) is 0 Å². The van der Waals surface area contributed by atoms with Crippen molar-refractivity contribution in [3.05, 3.63) is 117 Å². The minimum absolute atomic E-state index is 0.0894. The van der Waals surface area contributed by atoms with E-state index in [-0.39, 0.29) is 19.1 Å². The predicted molar refractivity (Wildman–Crippen MR) is 111 cm³/mol. The second-order valence-electron chi connectivity index (χ2n) is 6.58. The molecule has 0 fully saturated rings. The Morgan fingerprint density at radius 2 is 1.59 bits per heavy atom. The van der Waals surface area contributed by atoms with Crippen LogP contribution in [-0.2, 0) is 16.1 Å². The molecule has 6 nitrogen and oxygen atoms in total. The maximum atomic E-state index is 12.8. The normalized spacial score (nSPS) is 11.1. The van der Waals surface area contributed by atoms with Crippen LogP contribution in [0.2, 0.25) is 0 Å². The molecule has 1 heterocycles. The molecule has 0 atom stereocenters. The number of H-pyrrole nitrogens is 1. The fourth-order valence-electron chi connectivity index (χ4n) is 2.98. The third-order valence-corrected chi connectivity index (χ3v) is 4.48. The molecular formula is C23H22N2O4. The summed E-state index contributed by atoms with van der Waals surface area (Å²) in [6, 6.07) is 19.0. The van der Waals surface area contributed by atoms with Gasteiger partial charge in [-0.3, -0.25) is 19.1 Å². The zero-order valence-corrected chi connectivity index (χ0v) is 16.1. The number of hydrogen-bond acceptors (Lipinski definition) is 4. The second-order valence-corrected chi connectivity index (χ2v) is 6.58. The van der Waals surface area contributed by atoms with Gasteiger partial charge < -0.3 is 4.74 Å². The van der Waals surface area contributed by atoms with Gasteiger partial charge in [-0.15, -0.1) is 0 Å². The van der Waals surface area contributed by atoms with Gasteiger partial charge in [0.15, 0.2) is 0 Å². The van der Waals surface area contributed by atoms with Crippen molar-refractivity contribution in [2.75, 3.05) is 6.61 Å². The van der Waals surface area contributed by atoms with Gasteiger partial charge in [0, 0.05) is 18.3 Å². The van der Waals surface area contributed by atoms with Crippen molar-refractivity contribution >= 4 is 5.97 Å². The maximum Gasteiger partial charge on any atom is 0.328 e. The van der Waals surface area contributed by atoms with Gasteiger partial charge in [0.25, 0.3) is 5.56 Å². The van der Waals surface area contributed by atoms with Gasteiger partial charge in [-0.05, 0) is 24.1 Å². The smallest absolute Gasteiger partial charge is 0.328 e. The molecule has 0 aliphatic carbocycles. The van der Waals surface area contributed by atoms with Crippen molar-refractivity contribution in [1.29, 1.82) is 0 Å². The molecule has 3 aromatic rings. The number of carbonyl (C=O) groups is 1. The highest BCUT2D eigenvalue weighted by Crippen LogP contribution is 2.25. The van der Waals surface area contributed by atoms with E-state index in [0.717, 1.165) is 11.1 Å². The quantitative estimate of drug-likeness (QED) is 0.497. The lowest BCUT2D eigenvalue weighted by molar-refractivity contribution is -0.143. The van der Waals surface area contributed by atoms with Crippen molar-refractivity contribution in [3.8, 4) is 0 Å². The number of hydrogen-bond donors (Lipinski definition) is 1. The molecule has 0 radical (unpaired) electrons. The molecule has 29 heavy (non-hydrogen) atoms. The summed E-state index contributed by atoms with van der Waals surface area (Å²) < 4.78 is 6.83. The predicted octanol–water partition coefficient (Wildman–Crippen LogP) is 2.78. The van der Waals surface area contributed by atoms with E-state index in [9.17, 15) is 14.4 Å². The Morgan fingerprint density at radius 1 is 1.00 bits per heavy atom. The lowest BCUT2D eigenvalue weighted by atomic mass is 9.91. The number of aryl methyl sites for hydroxylation is 1. The van der Waals surface area contributed by atoms with Crippen LogP contribution in [0.1, 0.15) is 22.6 Å². The van der Waals surface area contributed by atoms with Gasteiger partial charge in [0.1, 0.15) is 12.5 Å². The van der Waals surface area contributed by atoms with E-state index in [1.54, 1.807) is 19.1 Å². The molecular weight excluding hydrogens is 368 g/mol. The van der Waals surface area contributed by atoms with Gasteiger partial charge in [-0.1, -0.05) is 66.7 Å². The Hall–Kier alpha value is -3.67. The number of benzene rings is 2. The Morgan fingerprint density at radius 3 is 2.17 bits per heavy atom. The highest BCUT2D eigenvalue weighted by Gasteiger charge is 2.23. The number of aromatic nitrogens is 2. The molecule has 6 heteroatoms. The minimum atomic E-state index is -0.504. The Balaban J connectivity index is 1.65. The number of nitrogens with one attached hydrogen (secondary N) is 1. The number of allylic oxidation sites excluding steroid dienone is 1. The Kier molecular flexibility index (Phi) is 6.58.